The van der Waals surface area contributed by atoms with Crippen molar-refractivity contribution in [3.05, 3.63) is 11.3 Å². The van der Waals surface area contributed by atoms with Crippen molar-refractivity contribution in [3.8, 4) is 0 Å². The molecule has 0 radical (unpaired) electrons. The minimum absolute atomic E-state index is 0.0616. The van der Waals surface area contributed by atoms with Gasteiger partial charge in [0.2, 0.25) is 11.0 Å². The summed E-state index contributed by atoms with van der Waals surface area (Å²) < 4.78 is 1.76. The number of nitrogens with zero attached hydrogens (tertiary/aromatic N) is 6. The van der Waals surface area contributed by atoms with Gasteiger partial charge in [0.15, 0.2) is 0 Å². The largest absolute Gasteiger partial charge is 0.300 e. The van der Waals surface area contributed by atoms with Crippen molar-refractivity contribution in [1.29, 1.82) is 0 Å². The highest BCUT2D eigenvalue weighted by Gasteiger charge is 2.27. The lowest BCUT2D eigenvalue weighted by molar-refractivity contribution is -0.121. The zero-order valence-corrected chi connectivity index (χ0v) is 14.2. The van der Waals surface area contributed by atoms with Crippen LogP contribution in [0.1, 0.15) is 50.5 Å². The first-order valence-electron chi connectivity index (χ1n) is 7.97. The van der Waals surface area contributed by atoms with Gasteiger partial charge < -0.3 is 5.32 Å². The van der Waals surface area contributed by atoms with E-state index in [1.54, 1.807) is 11.0 Å². The maximum Gasteiger partial charge on any atom is 0.229 e. The third-order valence-corrected chi connectivity index (χ3v) is 5.36. The topological polar surface area (TPSA) is 98.5 Å². The predicted molar refractivity (Wildman–Crippen MR) is 85.9 cm³/mol. The van der Waals surface area contributed by atoms with Crippen LogP contribution in [0.3, 0.4) is 0 Å². The van der Waals surface area contributed by atoms with Gasteiger partial charge in [0, 0.05) is 18.4 Å². The first kappa shape index (κ1) is 16.0. The number of nitrogens with one attached hydrogen (secondary N) is 1. The van der Waals surface area contributed by atoms with Gasteiger partial charge in [-0.1, -0.05) is 25.2 Å². The molecular weight excluding hydrogens is 314 g/mol. The maximum absolute atomic E-state index is 12.4. The van der Waals surface area contributed by atoms with Crippen molar-refractivity contribution < 1.29 is 4.79 Å². The van der Waals surface area contributed by atoms with Crippen molar-refractivity contribution in [2.75, 3.05) is 5.32 Å². The summed E-state index contributed by atoms with van der Waals surface area (Å²) in [6.07, 6.45) is 5.47. The van der Waals surface area contributed by atoms with E-state index in [2.05, 4.69) is 44.9 Å². The molecule has 0 unspecified atom stereocenters. The number of amides is 1. The molecule has 0 saturated heterocycles. The van der Waals surface area contributed by atoms with Crippen LogP contribution in [-0.2, 0) is 11.3 Å². The van der Waals surface area contributed by atoms with Crippen molar-refractivity contribution >= 4 is 22.4 Å². The normalized spacial score (nSPS) is 21.5. The van der Waals surface area contributed by atoms with Gasteiger partial charge in [-0.3, -0.25) is 4.79 Å². The zero-order valence-electron chi connectivity index (χ0n) is 13.3. The van der Waals surface area contributed by atoms with E-state index in [9.17, 15) is 4.79 Å². The Kier molecular flexibility index (Phi) is 4.94. The van der Waals surface area contributed by atoms with Crippen LogP contribution < -0.4 is 5.32 Å². The van der Waals surface area contributed by atoms with Gasteiger partial charge in [0.25, 0.3) is 0 Å². The van der Waals surface area contributed by atoms with Crippen LogP contribution in [0.15, 0.2) is 6.33 Å². The van der Waals surface area contributed by atoms with Gasteiger partial charge in [-0.15, -0.1) is 15.3 Å². The molecule has 2 aromatic heterocycles. The summed E-state index contributed by atoms with van der Waals surface area (Å²) in [4.78, 5) is 12.4. The summed E-state index contributed by atoms with van der Waals surface area (Å²) in [5.41, 5.74) is 0. The molecule has 1 saturated carbocycles. The lowest BCUT2D eigenvalue weighted by Crippen LogP contribution is -2.28. The fourth-order valence-electron chi connectivity index (χ4n) is 2.86. The summed E-state index contributed by atoms with van der Waals surface area (Å²) in [5, 5.41) is 23.8. The van der Waals surface area contributed by atoms with Crippen molar-refractivity contribution in [3.63, 3.8) is 0 Å². The van der Waals surface area contributed by atoms with Crippen LogP contribution in [0.4, 0.5) is 5.13 Å². The zero-order chi connectivity index (χ0) is 16.2. The highest BCUT2D eigenvalue weighted by Crippen LogP contribution is 2.31. The third-order valence-electron chi connectivity index (χ3n) is 4.22. The average Bonchev–Trinajstić information content (AvgIpc) is 3.19. The Morgan fingerprint density at radius 2 is 2.13 bits per heavy atom. The second-order valence-electron chi connectivity index (χ2n) is 6.34. The Hall–Kier alpha value is -1.90. The smallest absolute Gasteiger partial charge is 0.229 e. The van der Waals surface area contributed by atoms with Crippen LogP contribution in [0.2, 0.25) is 0 Å². The minimum Gasteiger partial charge on any atom is -0.300 e. The second kappa shape index (κ2) is 7.12. The number of tetrazole rings is 1. The van der Waals surface area contributed by atoms with E-state index in [4.69, 9.17) is 0 Å². The van der Waals surface area contributed by atoms with Gasteiger partial charge in [-0.2, -0.15) is 0 Å². The van der Waals surface area contributed by atoms with Crippen LogP contribution in [0.5, 0.6) is 0 Å². The highest BCUT2D eigenvalue weighted by molar-refractivity contribution is 7.15. The quantitative estimate of drug-likeness (QED) is 0.898. The van der Waals surface area contributed by atoms with Crippen molar-refractivity contribution in [2.45, 2.75) is 52.0 Å². The molecule has 8 nitrogen and oxygen atoms in total. The van der Waals surface area contributed by atoms with E-state index in [1.165, 1.54) is 11.3 Å². The Bertz CT molecular complexity index is 631. The predicted octanol–water partition coefficient (Wildman–Crippen LogP) is 2.09. The molecule has 0 bridgehead atoms. The van der Waals surface area contributed by atoms with E-state index in [0.29, 0.717) is 17.0 Å². The number of aromatic nitrogens is 6. The average molecular weight is 335 g/mol. The monoisotopic (exact) mass is 335 g/mol. The Morgan fingerprint density at radius 1 is 1.35 bits per heavy atom. The molecule has 3 rings (SSSR count). The summed E-state index contributed by atoms with van der Waals surface area (Å²) in [7, 11) is 0. The lowest BCUT2D eigenvalue weighted by Gasteiger charge is -2.27. The molecular formula is C14H21N7OS. The first-order chi connectivity index (χ1) is 11.1. The van der Waals surface area contributed by atoms with Crippen molar-refractivity contribution in [1.82, 2.24) is 30.4 Å². The lowest BCUT2D eigenvalue weighted by atomic mass is 9.81. The van der Waals surface area contributed by atoms with E-state index >= 15 is 0 Å². The molecule has 0 atom stereocenters. The second-order valence-corrected chi connectivity index (χ2v) is 7.35. The molecule has 124 valence electrons. The fourth-order valence-corrected chi connectivity index (χ4v) is 3.61. The number of hydrogen-bond acceptors (Lipinski definition) is 7. The number of hydrogen-bond donors (Lipinski definition) is 1. The highest BCUT2D eigenvalue weighted by atomic mass is 32.1. The molecule has 1 aliphatic carbocycles. The van der Waals surface area contributed by atoms with E-state index in [0.717, 1.165) is 37.2 Å². The van der Waals surface area contributed by atoms with Crippen LogP contribution in [0.25, 0.3) is 0 Å². The molecule has 0 aromatic carbocycles. The number of anilines is 1. The molecule has 9 heteroatoms. The number of rotatable bonds is 5. The summed E-state index contributed by atoms with van der Waals surface area (Å²) in [6, 6.07) is 0. The molecule has 1 fully saturated rings. The standard InChI is InChI=1S/C14H21N7OS/c1-9(2)13-17-18-14(23-13)16-12(22)11-5-3-10(4-6-11)7-21-8-15-19-20-21/h8-11H,3-7H2,1-2H3,(H,16,18,22). The maximum atomic E-state index is 12.4. The third kappa shape index (κ3) is 4.10. The van der Waals surface area contributed by atoms with E-state index < -0.39 is 0 Å². The van der Waals surface area contributed by atoms with Crippen LogP contribution >= 0.6 is 11.3 Å². The fraction of sp³-hybridized carbons (Fsp3) is 0.714. The van der Waals surface area contributed by atoms with E-state index in [-0.39, 0.29) is 11.8 Å². The number of carbonyl (C=O) groups is 1. The van der Waals surface area contributed by atoms with Crippen LogP contribution in [-0.4, -0.2) is 36.3 Å². The van der Waals surface area contributed by atoms with Crippen LogP contribution in [0, 0.1) is 11.8 Å². The van der Waals surface area contributed by atoms with Gasteiger partial charge >= 0.3 is 0 Å². The Morgan fingerprint density at radius 3 is 2.74 bits per heavy atom. The van der Waals surface area contributed by atoms with Gasteiger partial charge in [0.05, 0.1) is 0 Å². The first-order valence-corrected chi connectivity index (χ1v) is 8.78. The summed E-state index contributed by atoms with van der Waals surface area (Å²) in [6.45, 7) is 4.96. The van der Waals surface area contributed by atoms with Crippen molar-refractivity contribution in [2.24, 2.45) is 11.8 Å². The molecule has 1 amide bonds. The Labute approximate surface area is 138 Å². The molecule has 1 aliphatic rings. The molecule has 2 heterocycles. The number of carbonyl (C=O) groups excluding carboxylic acids is 1. The molecule has 0 spiro atoms. The summed E-state index contributed by atoms with van der Waals surface area (Å²) >= 11 is 1.46. The molecule has 0 aliphatic heterocycles. The molecule has 2 aromatic rings. The van der Waals surface area contributed by atoms with Gasteiger partial charge in [0.1, 0.15) is 11.3 Å². The SMILES string of the molecule is CC(C)c1nnc(NC(=O)C2CCC(Cn3cnnn3)CC2)s1. The van der Waals surface area contributed by atoms with Gasteiger partial charge in [-0.05, 0) is 42.0 Å². The molecule has 23 heavy (non-hydrogen) atoms. The molecule has 1 N–H and O–H groups in total. The Balaban J connectivity index is 1.47. The van der Waals surface area contributed by atoms with E-state index in [1.807, 2.05) is 0 Å². The summed E-state index contributed by atoms with van der Waals surface area (Å²) in [5.74, 6) is 1.00. The van der Waals surface area contributed by atoms with Gasteiger partial charge in [-0.25, -0.2) is 4.68 Å². The minimum atomic E-state index is 0.0616.